The number of carbonyl (C=O) groups excluding carboxylic acids is 2. The number of rotatable bonds is 7. The van der Waals surface area contributed by atoms with Crippen LogP contribution >= 0.6 is 0 Å². The van der Waals surface area contributed by atoms with Gasteiger partial charge in [-0.3, -0.25) is 19.1 Å². The Balaban J connectivity index is 0.000000225. The minimum atomic E-state index is -0.0693. The molecule has 0 atom stereocenters. The van der Waals surface area contributed by atoms with Crippen LogP contribution in [0, 0.1) is 6.92 Å². The largest absolute Gasteiger partial charge is 0.497 e. The molecule has 4 rings (SSSR count). The number of carbonyl (C=O) groups is 2. The lowest BCUT2D eigenvalue weighted by Gasteiger charge is -2.09. The van der Waals surface area contributed by atoms with E-state index in [2.05, 4.69) is 10.6 Å². The molecule has 0 unspecified atom stereocenters. The molecular formula is C32H41N5O5. The number of nitrogens with zero attached hydrogens (tertiary/aromatic N) is 3. The predicted molar refractivity (Wildman–Crippen MR) is 169 cm³/mol. The Morgan fingerprint density at radius 3 is 1.67 bits per heavy atom. The Kier molecular flexibility index (Phi) is 12.9. The maximum atomic E-state index is 12.4. The van der Waals surface area contributed by atoms with E-state index in [1.807, 2.05) is 99.2 Å². The zero-order valence-corrected chi connectivity index (χ0v) is 25.6. The highest BCUT2D eigenvalue weighted by Gasteiger charge is 2.16. The topological polar surface area (TPSA) is 107 Å². The molecule has 3 aromatic carbocycles. The van der Waals surface area contributed by atoms with Crippen molar-refractivity contribution < 1.29 is 19.1 Å². The van der Waals surface area contributed by atoms with E-state index in [4.69, 9.17) is 9.47 Å². The third-order valence-corrected chi connectivity index (χ3v) is 5.87. The molecule has 0 fully saturated rings. The van der Waals surface area contributed by atoms with Crippen molar-refractivity contribution in [3.8, 4) is 17.2 Å². The molecule has 0 bridgehead atoms. The summed E-state index contributed by atoms with van der Waals surface area (Å²) < 4.78 is 13.8. The highest BCUT2D eigenvalue weighted by molar-refractivity contribution is 5.89. The quantitative estimate of drug-likeness (QED) is 0.312. The number of methoxy groups -OCH3 is 1. The number of hydrogen-bond acceptors (Lipinski definition) is 6. The van der Waals surface area contributed by atoms with E-state index in [9.17, 15) is 14.4 Å². The van der Waals surface area contributed by atoms with Crippen molar-refractivity contribution in [3.63, 3.8) is 0 Å². The molecule has 42 heavy (non-hydrogen) atoms. The van der Waals surface area contributed by atoms with Crippen molar-refractivity contribution in [1.82, 2.24) is 9.36 Å². The normalized spacial score (nSPS) is 9.81. The molecule has 4 aromatic rings. The number of benzene rings is 3. The second-order valence-electron chi connectivity index (χ2n) is 9.35. The molecule has 0 saturated heterocycles. The average Bonchev–Trinajstić information content (AvgIpc) is 3.18. The van der Waals surface area contributed by atoms with Crippen molar-refractivity contribution >= 4 is 28.9 Å². The Labute approximate surface area is 247 Å². The number of para-hydroxylation sites is 1. The smallest absolute Gasteiger partial charge is 0.295 e. The van der Waals surface area contributed by atoms with Crippen molar-refractivity contribution in [2.75, 3.05) is 43.3 Å². The Bertz CT molecular complexity index is 1470. The van der Waals surface area contributed by atoms with Crippen molar-refractivity contribution in [3.05, 3.63) is 94.9 Å². The van der Waals surface area contributed by atoms with Crippen LogP contribution in [0.1, 0.15) is 26.5 Å². The molecule has 10 nitrogen and oxygen atoms in total. The van der Waals surface area contributed by atoms with Crippen LogP contribution in [-0.4, -0.2) is 49.0 Å². The van der Waals surface area contributed by atoms with E-state index in [1.54, 1.807) is 36.1 Å². The van der Waals surface area contributed by atoms with E-state index in [-0.39, 0.29) is 17.4 Å². The van der Waals surface area contributed by atoms with E-state index >= 15 is 0 Å². The molecule has 10 heteroatoms. The van der Waals surface area contributed by atoms with Crippen LogP contribution in [0.4, 0.5) is 17.1 Å². The lowest BCUT2D eigenvalue weighted by molar-refractivity contribution is -0.115. The fourth-order valence-electron chi connectivity index (χ4n) is 3.95. The molecule has 0 saturated carbocycles. The van der Waals surface area contributed by atoms with Gasteiger partial charge in [-0.15, -0.1) is 0 Å². The Morgan fingerprint density at radius 2 is 1.29 bits per heavy atom. The number of ether oxygens (including phenoxy) is 2. The fourth-order valence-corrected chi connectivity index (χ4v) is 3.95. The summed E-state index contributed by atoms with van der Waals surface area (Å²) in [7, 11) is 7.28. The van der Waals surface area contributed by atoms with Crippen LogP contribution in [0.15, 0.2) is 83.7 Å². The minimum Gasteiger partial charge on any atom is -0.497 e. The molecule has 0 aliphatic carbocycles. The van der Waals surface area contributed by atoms with Gasteiger partial charge in [0.2, 0.25) is 11.8 Å². The highest BCUT2D eigenvalue weighted by atomic mass is 16.5. The first kappa shape index (κ1) is 33.2. The third-order valence-electron chi connectivity index (χ3n) is 5.87. The zero-order chi connectivity index (χ0) is 31.2. The van der Waals surface area contributed by atoms with Crippen LogP contribution in [0.3, 0.4) is 0 Å². The van der Waals surface area contributed by atoms with Crippen LogP contribution in [-0.2, 0) is 16.6 Å². The van der Waals surface area contributed by atoms with Gasteiger partial charge in [-0.05, 0) is 74.5 Å². The average molecular weight is 576 g/mol. The zero-order valence-electron chi connectivity index (χ0n) is 25.6. The van der Waals surface area contributed by atoms with Gasteiger partial charge in [0.1, 0.15) is 17.2 Å². The van der Waals surface area contributed by atoms with E-state index in [0.29, 0.717) is 6.61 Å². The Hall–Kier alpha value is -4.99. The van der Waals surface area contributed by atoms with Gasteiger partial charge in [0, 0.05) is 46.4 Å². The molecule has 1 aromatic heterocycles. The molecule has 0 radical (unpaired) electrons. The van der Waals surface area contributed by atoms with Gasteiger partial charge < -0.3 is 25.0 Å². The van der Waals surface area contributed by atoms with Gasteiger partial charge in [-0.1, -0.05) is 18.2 Å². The second kappa shape index (κ2) is 16.3. The van der Waals surface area contributed by atoms with Gasteiger partial charge >= 0.3 is 0 Å². The third kappa shape index (κ3) is 9.88. The maximum Gasteiger partial charge on any atom is 0.295 e. The molecule has 224 valence electrons. The summed E-state index contributed by atoms with van der Waals surface area (Å²) in [6.07, 6.45) is 0. The van der Waals surface area contributed by atoms with Crippen LogP contribution < -0.4 is 30.6 Å². The second-order valence-corrected chi connectivity index (χ2v) is 9.35. The molecule has 0 aliphatic rings. The molecular weight excluding hydrogens is 534 g/mol. The highest BCUT2D eigenvalue weighted by Crippen LogP contribution is 2.17. The maximum absolute atomic E-state index is 12.4. The lowest BCUT2D eigenvalue weighted by atomic mass is 10.3. The Morgan fingerprint density at radius 1 is 0.810 bits per heavy atom. The van der Waals surface area contributed by atoms with Gasteiger partial charge in [-0.2, -0.15) is 0 Å². The predicted octanol–water partition coefficient (Wildman–Crippen LogP) is 5.25. The number of nitrogens with one attached hydrogen (secondary N) is 2. The van der Waals surface area contributed by atoms with Gasteiger partial charge in [0.05, 0.1) is 25.1 Å². The first-order chi connectivity index (χ1) is 20.0. The summed E-state index contributed by atoms with van der Waals surface area (Å²) in [6.45, 7) is 7.50. The molecule has 1 heterocycles. The molecule has 2 N–H and O–H groups in total. The van der Waals surface area contributed by atoms with Crippen LogP contribution in [0.5, 0.6) is 11.5 Å². The fraction of sp³-hybridized carbons (Fsp3) is 0.281. The number of hydrogen-bond donors (Lipinski definition) is 2. The first-order valence-corrected chi connectivity index (χ1v) is 13.4. The standard InChI is InChI=1S/C13H17N3O.C10H13NO2.C9H11NO2/c1-10-12(14(2)3)13(17)16(15(10)4)11-8-6-5-7-9-11;1-3-13-10-6-4-9(5-7-10)11-8(2)12;1-7(11)10-8-3-5-9(12-2)6-4-8/h5-9H,1-4H3;4-7H,3H2,1-2H3,(H,11,12);3-6H,1-2H3,(H,10,11). The summed E-state index contributed by atoms with van der Waals surface area (Å²) in [5, 5.41) is 5.34. The number of amides is 2. The van der Waals surface area contributed by atoms with E-state index in [0.717, 1.165) is 39.9 Å². The van der Waals surface area contributed by atoms with Crippen LogP contribution in [0.2, 0.25) is 0 Å². The molecule has 2 amide bonds. The SMILES string of the molecule is CCOc1ccc(NC(C)=O)cc1.COc1ccc(NC(C)=O)cc1.Cc1c(N(C)C)c(=O)n(-c2ccccc2)n1C. The summed E-state index contributed by atoms with van der Waals surface area (Å²) in [4.78, 5) is 35.5. The van der Waals surface area contributed by atoms with Gasteiger partial charge in [0.25, 0.3) is 5.56 Å². The van der Waals surface area contributed by atoms with Crippen molar-refractivity contribution in [1.29, 1.82) is 0 Å². The lowest BCUT2D eigenvalue weighted by Crippen LogP contribution is -2.23. The summed E-state index contributed by atoms with van der Waals surface area (Å²) in [5.41, 5.74) is 4.16. The van der Waals surface area contributed by atoms with Crippen LogP contribution in [0.25, 0.3) is 5.69 Å². The first-order valence-electron chi connectivity index (χ1n) is 13.4. The van der Waals surface area contributed by atoms with E-state index in [1.165, 1.54) is 13.8 Å². The molecule has 0 aliphatic heterocycles. The molecule has 0 spiro atoms. The van der Waals surface area contributed by atoms with Gasteiger partial charge in [0.15, 0.2) is 0 Å². The van der Waals surface area contributed by atoms with Gasteiger partial charge in [-0.25, -0.2) is 4.68 Å². The minimum absolute atomic E-state index is 0.0150. The van der Waals surface area contributed by atoms with Crippen molar-refractivity contribution in [2.45, 2.75) is 27.7 Å². The summed E-state index contributed by atoms with van der Waals surface area (Å²) in [6, 6.07) is 24.1. The van der Waals surface area contributed by atoms with E-state index < -0.39 is 0 Å². The summed E-state index contributed by atoms with van der Waals surface area (Å²) >= 11 is 0. The number of aromatic nitrogens is 2. The number of anilines is 3. The monoisotopic (exact) mass is 575 g/mol. The summed E-state index contributed by atoms with van der Waals surface area (Å²) in [5.74, 6) is 1.46. The van der Waals surface area contributed by atoms with Crippen molar-refractivity contribution in [2.24, 2.45) is 7.05 Å².